The fourth-order valence-electron chi connectivity index (χ4n) is 1.20. The van der Waals surface area contributed by atoms with Crippen LogP contribution >= 0.6 is 11.8 Å². The molecule has 0 fully saturated rings. The zero-order chi connectivity index (χ0) is 10.1. The molecule has 1 N–H and O–H groups in total. The molecule has 0 bridgehead atoms. The van der Waals surface area contributed by atoms with E-state index in [-0.39, 0.29) is 0 Å². The Labute approximate surface area is 88.1 Å². The minimum Gasteiger partial charge on any atom is -0.316 e. The van der Waals surface area contributed by atoms with Crippen molar-refractivity contribution in [3.63, 3.8) is 0 Å². The van der Waals surface area contributed by atoms with Crippen molar-refractivity contribution in [2.45, 2.75) is 46.1 Å². The lowest BCUT2D eigenvalue weighted by Crippen LogP contribution is -2.27. The summed E-state index contributed by atoms with van der Waals surface area (Å²) in [5.41, 5.74) is 0. The summed E-state index contributed by atoms with van der Waals surface area (Å²) in [7, 11) is 2.07. The van der Waals surface area contributed by atoms with Gasteiger partial charge in [0.05, 0.1) is 0 Å². The van der Waals surface area contributed by atoms with Gasteiger partial charge in [-0.05, 0) is 31.6 Å². The molecule has 13 heavy (non-hydrogen) atoms. The Kier molecular flexibility index (Phi) is 9.10. The Hall–Kier alpha value is 0.310. The Balaban J connectivity index is 3.27. The molecule has 0 aromatic rings. The number of thioether (sulfide) groups is 1. The molecule has 0 amide bonds. The SMILES string of the molecule is CCCC(CSCCC(C)C)NC. The third-order valence-corrected chi connectivity index (χ3v) is 3.37. The lowest BCUT2D eigenvalue weighted by atomic mass is 10.2. The fourth-order valence-corrected chi connectivity index (χ4v) is 2.63. The first-order valence-electron chi connectivity index (χ1n) is 5.45. The maximum absolute atomic E-state index is 3.37. The van der Waals surface area contributed by atoms with Crippen molar-refractivity contribution in [3.8, 4) is 0 Å². The monoisotopic (exact) mass is 203 g/mol. The van der Waals surface area contributed by atoms with Crippen molar-refractivity contribution >= 4 is 11.8 Å². The van der Waals surface area contributed by atoms with Crippen LogP contribution < -0.4 is 5.32 Å². The quantitative estimate of drug-likeness (QED) is 0.608. The highest BCUT2D eigenvalue weighted by atomic mass is 32.2. The number of nitrogens with one attached hydrogen (secondary N) is 1. The van der Waals surface area contributed by atoms with Crippen LogP contribution in [0.15, 0.2) is 0 Å². The Morgan fingerprint density at radius 1 is 1.23 bits per heavy atom. The Morgan fingerprint density at radius 2 is 1.92 bits per heavy atom. The van der Waals surface area contributed by atoms with Crippen LogP contribution in [0.2, 0.25) is 0 Å². The van der Waals surface area contributed by atoms with Crippen LogP contribution in [0.4, 0.5) is 0 Å². The van der Waals surface area contributed by atoms with Crippen LogP contribution in [-0.4, -0.2) is 24.6 Å². The molecular weight excluding hydrogens is 178 g/mol. The van der Waals surface area contributed by atoms with E-state index in [0.29, 0.717) is 0 Å². The molecule has 0 spiro atoms. The molecule has 0 heterocycles. The smallest absolute Gasteiger partial charge is 0.0155 e. The fraction of sp³-hybridized carbons (Fsp3) is 1.00. The van der Waals surface area contributed by atoms with E-state index in [1.165, 1.54) is 30.8 Å². The Morgan fingerprint density at radius 3 is 2.38 bits per heavy atom. The summed E-state index contributed by atoms with van der Waals surface area (Å²) >= 11 is 2.09. The summed E-state index contributed by atoms with van der Waals surface area (Å²) in [6.45, 7) is 6.84. The van der Waals surface area contributed by atoms with Crippen LogP contribution in [0.1, 0.15) is 40.0 Å². The molecule has 0 rings (SSSR count). The van der Waals surface area contributed by atoms with Gasteiger partial charge in [-0.3, -0.25) is 0 Å². The molecule has 0 aliphatic heterocycles. The predicted molar refractivity (Wildman–Crippen MR) is 64.5 cm³/mol. The number of hydrogen-bond donors (Lipinski definition) is 1. The normalized spacial score (nSPS) is 13.6. The van der Waals surface area contributed by atoms with Crippen molar-refractivity contribution in [2.75, 3.05) is 18.6 Å². The van der Waals surface area contributed by atoms with Crippen molar-refractivity contribution in [1.82, 2.24) is 5.32 Å². The standard InChI is InChI=1S/C11H25NS/c1-5-6-11(12-4)9-13-8-7-10(2)3/h10-12H,5-9H2,1-4H3. The van der Waals surface area contributed by atoms with Crippen molar-refractivity contribution in [3.05, 3.63) is 0 Å². The van der Waals surface area contributed by atoms with Crippen LogP contribution in [0.5, 0.6) is 0 Å². The molecule has 0 aromatic carbocycles. The van der Waals surface area contributed by atoms with Gasteiger partial charge in [-0.2, -0.15) is 11.8 Å². The third kappa shape index (κ3) is 8.63. The molecular formula is C11H25NS. The first kappa shape index (κ1) is 13.3. The van der Waals surface area contributed by atoms with E-state index in [1.54, 1.807) is 0 Å². The largest absolute Gasteiger partial charge is 0.316 e. The first-order valence-corrected chi connectivity index (χ1v) is 6.61. The second-order valence-corrected chi connectivity index (χ2v) is 5.18. The highest BCUT2D eigenvalue weighted by molar-refractivity contribution is 7.99. The summed E-state index contributed by atoms with van der Waals surface area (Å²) in [6, 6.07) is 0.724. The minimum absolute atomic E-state index is 0.724. The van der Waals surface area contributed by atoms with E-state index >= 15 is 0 Å². The van der Waals surface area contributed by atoms with Gasteiger partial charge >= 0.3 is 0 Å². The van der Waals surface area contributed by atoms with E-state index in [0.717, 1.165) is 12.0 Å². The lowest BCUT2D eigenvalue weighted by molar-refractivity contribution is 0.563. The lowest BCUT2D eigenvalue weighted by Gasteiger charge is -2.14. The maximum atomic E-state index is 3.37. The van der Waals surface area contributed by atoms with E-state index < -0.39 is 0 Å². The maximum Gasteiger partial charge on any atom is 0.0155 e. The minimum atomic E-state index is 0.724. The number of hydrogen-bond acceptors (Lipinski definition) is 2. The molecule has 0 saturated carbocycles. The van der Waals surface area contributed by atoms with Gasteiger partial charge in [0.15, 0.2) is 0 Å². The van der Waals surface area contributed by atoms with Gasteiger partial charge in [0.2, 0.25) is 0 Å². The number of rotatable bonds is 8. The van der Waals surface area contributed by atoms with Crippen molar-refractivity contribution in [2.24, 2.45) is 5.92 Å². The van der Waals surface area contributed by atoms with Gasteiger partial charge in [0.1, 0.15) is 0 Å². The molecule has 0 saturated heterocycles. The van der Waals surface area contributed by atoms with E-state index in [2.05, 4.69) is 44.9 Å². The molecule has 0 aliphatic rings. The first-order chi connectivity index (χ1) is 6.20. The summed E-state index contributed by atoms with van der Waals surface area (Å²) in [6.07, 6.45) is 3.95. The van der Waals surface area contributed by atoms with E-state index in [9.17, 15) is 0 Å². The van der Waals surface area contributed by atoms with Crippen molar-refractivity contribution < 1.29 is 0 Å². The molecule has 0 aliphatic carbocycles. The molecule has 1 atom stereocenters. The Bertz CT molecular complexity index is 104. The average molecular weight is 203 g/mol. The van der Waals surface area contributed by atoms with Crippen LogP contribution in [-0.2, 0) is 0 Å². The summed E-state index contributed by atoms with van der Waals surface area (Å²) in [4.78, 5) is 0. The molecule has 1 unspecified atom stereocenters. The van der Waals surface area contributed by atoms with Gasteiger partial charge in [-0.1, -0.05) is 27.2 Å². The van der Waals surface area contributed by atoms with E-state index in [1.807, 2.05) is 0 Å². The summed E-state index contributed by atoms with van der Waals surface area (Å²) < 4.78 is 0. The zero-order valence-electron chi connectivity index (χ0n) is 9.60. The predicted octanol–water partition coefficient (Wildman–Crippen LogP) is 3.15. The topological polar surface area (TPSA) is 12.0 Å². The van der Waals surface area contributed by atoms with Crippen LogP contribution in [0, 0.1) is 5.92 Å². The highest BCUT2D eigenvalue weighted by Gasteiger charge is 2.04. The van der Waals surface area contributed by atoms with Crippen molar-refractivity contribution in [1.29, 1.82) is 0 Å². The average Bonchev–Trinajstić information content (AvgIpc) is 2.10. The highest BCUT2D eigenvalue weighted by Crippen LogP contribution is 2.11. The van der Waals surface area contributed by atoms with Gasteiger partial charge in [-0.15, -0.1) is 0 Å². The molecule has 0 aromatic heterocycles. The second kappa shape index (κ2) is 8.89. The molecule has 1 nitrogen and oxygen atoms in total. The molecule has 2 heteroatoms. The third-order valence-electron chi connectivity index (χ3n) is 2.20. The van der Waals surface area contributed by atoms with E-state index in [4.69, 9.17) is 0 Å². The zero-order valence-corrected chi connectivity index (χ0v) is 10.4. The summed E-state index contributed by atoms with van der Waals surface area (Å²) in [5, 5.41) is 3.37. The molecule has 0 radical (unpaired) electrons. The van der Waals surface area contributed by atoms with Crippen LogP contribution in [0.3, 0.4) is 0 Å². The van der Waals surface area contributed by atoms with Gasteiger partial charge < -0.3 is 5.32 Å². The van der Waals surface area contributed by atoms with Crippen LogP contribution in [0.25, 0.3) is 0 Å². The molecule has 80 valence electrons. The van der Waals surface area contributed by atoms with Gasteiger partial charge in [-0.25, -0.2) is 0 Å². The second-order valence-electron chi connectivity index (χ2n) is 4.03. The van der Waals surface area contributed by atoms with Gasteiger partial charge in [0, 0.05) is 11.8 Å². The summed E-state index contributed by atoms with van der Waals surface area (Å²) in [5.74, 6) is 3.45. The van der Waals surface area contributed by atoms with Gasteiger partial charge in [0.25, 0.3) is 0 Å².